The van der Waals surface area contributed by atoms with Gasteiger partial charge in [0.1, 0.15) is 11.6 Å². The van der Waals surface area contributed by atoms with E-state index in [2.05, 4.69) is 10.6 Å². The smallest absolute Gasteiger partial charge is 0.416 e. The Labute approximate surface area is 153 Å². The standard InChI is InChI=1S/C17H20F3N3O4/c1-9-8-12(13(24)23(9)16(2,3)14(25)26)22-15(27)21-11-6-4-10(5-7-11)17(18,19)20/h4-7,9,12H,8H2,1-3H3,(H,25,26)(H2,21,22,27)/t9?,12-/m0/s1. The number of benzene rings is 1. The van der Waals surface area contributed by atoms with Crippen LogP contribution >= 0.6 is 0 Å². The fourth-order valence-corrected chi connectivity index (χ4v) is 3.05. The summed E-state index contributed by atoms with van der Waals surface area (Å²) in [5.41, 5.74) is -2.15. The van der Waals surface area contributed by atoms with Crippen molar-refractivity contribution < 1.29 is 32.7 Å². The maximum atomic E-state index is 12.5. The molecule has 1 aliphatic rings. The van der Waals surface area contributed by atoms with Gasteiger partial charge in [-0.2, -0.15) is 13.2 Å². The fourth-order valence-electron chi connectivity index (χ4n) is 3.05. The van der Waals surface area contributed by atoms with Gasteiger partial charge in [0, 0.05) is 11.7 Å². The van der Waals surface area contributed by atoms with Crippen LogP contribution in [0.25, 0.3) is 0 Å². The minimum atomic E-state index is -4.48. The Morgan fingerprint density at radius 1 is 1.19 bits per heavy atom. The molecule has 2 rings (SSSR count). The lowest BCUT2D eigenvalue weighted by atomic mass is 10.0. The molecule has 10 heteroatoms. The number of hydrogen-bond acceptors (Lipinski definition) is 3. The second-order valence-corrected chi connectivity index (χ2v) is 6.88. The van der Waals surface area contributed by atoms with Crippen molar-refractivity contribution in [3.05, 3.63) is 29.8 Å². The van der Waals surface area contributed by atoms with E-state index in [1.807, 2.05) is 0 Å². The molecule has 3 amide bonds. The predicted molar refractivity (Wildman–Crippen MR) is 90.0 cm³/mol. The van der Waals surface area contributed by atoms with Crippen LogP contribution in [0.3, 0.4) is 0 Å². The van der Waals surface area contributed by atoms with Crippen LogP contribution in [0.4, 0.5) is 23.7 Å². The lowest BCUT2D eigenvalue weighted by Crippen LogP contribution is -2.55. The quantitative estimate of drug-likeness (QED) is 0.740. The molecule has 1 unspecified atom stereocenters. The Hall–Kier alpha value is -2.78. The number of alkyl halides is 3. The number of amides is 3. The highest BCUT2D eigenvalue weighted by Gasteiger charge is 2.48. The molecule has 3 N–H and O–H groups in total. The molecule has 1 aliphatic heterocycles. The van der Waals surface area contributed by atoms with Crippen molar-refractivity contribution >= 4 is 23.6 Å². The van der Waals surface area contributed by atoms with E-state index in [4.69, 9.17) is 0 Å². The molecule has 27 heavy (non-hydrogen) atoms. The van der Waals surface area contributed by atoms with Crippen LogP contribution in [0, 0.1) is 0 Å². The van der Waals surface area contributed by atoms with Crippen molar-refractivity contribution in [2.45, 2.75) is 51.0 Å². The summed E-state index contributed by atoms with van der Waals surface area (Å²) in [4.78, 5) is 37.2. The summed E-state index contributed by atoms with van der Waals surface area (Å²) in [6.45, 7) is 4.47. The maximum absolute atomic E-state index is 12.5. The first-order valence-corrected chi connectivity index (χ1v) is 8.15. The molecule has 0 radical (unpaired) electrons. The van der Waals surface area contributed by atoms with E-state index in [9.17, 15) is 32.7 Å². The number of hydrogen-bond donors (Lipinski definition) is 3. The zero-order valence-electron chi connectivity index (χ0n) is 14.9. The van der Waals surface area contributed by atoms with Gasteiger partial charge in [0.05, 0.1) is 5.56 Å². The molecule has 0 bridgehead atoms. The van der Waals surface area contributed by atoms with Crippen molar-refractivity contribution in [3.8, 4) is 0 Å². The first-order valence-electron chi connectivity index (χ1n) is 8.15. The molecule has 2 atom stereocenters. The Balaban J connectivity index is 2.02. The van der Waals surface area contributed by atoms with Gasteiger partial charge >= 0.3 is 18.2 Å². The molecule has 0 spiro atoms. The summed E-state index contributed by atoms with van der Waals surface area (Å²) < 4.78 is 37.6. The van der Waals surface area contributed by atoms with Crippen LogP contribution in [-0.4, -0.2) is 45.5 Å². The largest absolute Gasteiger partial charge is 0.480 e. The lowest BCUT2D eigenvalue weighted by molar-refractivity contribution is -0.156. The van der Waals surface area contributed by atoms with Gasteiger partial charge in [-0.3, -0.25) is 4.79 Å². The first-order chi connectivity index (χ1) is 12.3. The summed E-state index contributed by atoms with van der Waals surface area (Å²) in [5, 5.41) is 14.1. The van der Waals surface area contributed by atoms with Crippen LogP contribution in [0.2, 0.25) is 0 Å². The van der Waals surface area contributed by atoms with Crippen LogP contribution < -0.4 is 10.6 Å². The number of nitrogens with one attached hydrogen (secondary N) is 2. The molecular formula is C17H20F3N3O4. The third kappa shape index (κ3) is 4.32. The molecule has 0 aromatic heterocycles. The van der Waals surface area contributed by atoms with E-state index in [0.717, 1.165) is 24.3 Å². The molecule has 1 saturated heterocycles. The minimum Gasteiger partial charge on any atom is -0.480 e. The van der Waals surface area contributed by atoms with Crippen LogP contribution in [0.15, 0.2) is 24.3 Å². The second kappa shape index (κ2) is 7.09. The second-order valence-electron chi connectivity index (χ2n) is 6.88. The van der Waals surface area contributed by atoms with Gasteiger partial charge in [-0.25, -0.2) is 9.59 Å². The van der Waals surface area contributed by atoms with E-state index in [0.29, 0.717) is 0 Å². The monoisotopic (exact) mass is 387 g/mol. The predicted octanol–water partition coefficient (Wildman–Crippen LogP) is 2.68. The number of carbonyl (C=O) groups is 3. The average Bonchev–Trinajstić information content (AvgIpc) is 2.81. The van der Waals surface area contributed by atoms with Crippen molar-refractivity contribution in [3.63, 3.8) is 0 Å². The normalized spacial score (nSPS) is 20.5. The summed E-state index contributed by atoms with van der Waals surface area (Å²) in [7, 11) is 0. The Morgan fingerprint density at radius 2 is 1.74 bits per heavy atom. The van der Waals surface area contributed by atoms with E-state index >= 15 is 0 Å². The molecule has 1 aromatic rings. The van der Waals surface area contributed by atoms with E-state index in [-0.39, 0.29) is 12.1 Å². The van der Waals surface area contributed by atoms with Gasteiger partial charge in [-0.15, -0.1) is 0 Å². The summed E-state index contributed by atoms with van der Waals surface area (Å²) >= 11 is 0. The van der Waals surface area contributed by atoms with E-state index in [1.54, 1.807) is 6.92 Å². The number of rotatable bonds is 4. The van der Waals surface area contributed by atoms with Gasteiger partial charge < -0.3 is 20.6 Å². The van der Waals surface area contributed by atoms with Gasteiger partial charge in [0.15, 0.2) is 0 Å². The highest BCUT2D eigenvalue weighted by atomic mass is 19.4. The molecule has 148 valence electrons. The molecule has 7 nitrogen and oxygen atoms in total. The Morgan fingerprint density at radius 3 is 2.22 bits per heavy atom. The number of carboxylic acid groups (broad SMARTS) is 1. The SMILES string of the molecule is CC1C[C@H](NC(=O)Nc2ccc(C(F)(F)F)cc2)C(=O)N1C(C)(C)C(=O)O. The number of halogens is 3. The third-order valence-corrected chi connectivity index (χ3v) is 4.45. The highest BCUT2D eigenvalue weighted by Crippen LogP contribution is 2.30. The zero-order chi connectivity index (χ0) is 20.6. The number of aliphatic carboxylic acids is 1. The minimum absolute atomic E-state index is 0.127. The fraction of sp³-hybridized carbons (Fsp3) is 0.471. The van der Waals surface area contributed by atoms with Crippen LogP contribution in [-0.2, 0) is 15.8 Å². The van der Waals surface area contributed by atoms with Crippen LogP contribution in [0.5, 0.6) is 0 Å². The first kappa shape index (κ1) is 20.5. The zero-order valence-corrected chi connectivity index (χ0v) is 14.9. The molecule has 1 fully saturated rings. The topological polar surface area (TPSA) is 98.7 Å². The van der Waals surface area contributed by atoms with Gasteiger partial charge in [0.25, 0.3) is 0 Å². The summed E-state index contributed by atoms with van der Waals surface area (Å²) in [6, 6.07) is 1.76. The molecular weight excluding hydrogens is 367 g/mol. The molecule has 1 aromatic carbocycles. The van der Waals surface area contributed by atoms with Crippen LogP contribution in [0.1, 0.15) is 32.8 Å². The average molecular weight is 387 g/mol. The van der Waals surface area contributed by atoms with Gasteiger partial charge in [-0.1, -0.05) is 0 Å². The Kier molecular flexibility index (Phi) is 5.39. The number of urea groups is 1. The number of carbonyl (C=O) groups excluding carboxylic acids is 2. The summed E-state index contributed by atoms with van der Waals surface area (Å²) in [5.74, 6) is -1.70. The van der Waals surface area contributed by atoms with Crippen molar-refractivity contribution in [1.29, 1.82) is 0 Å². The molecule has 0 aliphatic carbocycles. The van der Waals surface area contributed by atoms with Crippen molar-refractivity contribution in [1.82, 2.24) is 10.2 Å². The van der Waals surface area contributed by atoms with E-state index < -0.39 is 47.3 Å². The third-order valence-electron chi connectivity index (χ3n) is 4.45. The number of nitrogens with zero attached hydrogens (tertiary/aromatic N) is 1. The Bertz CT molecular complexity index is 747. The number of anilines is 1. The van der Waals surface area contributed by atoms with Gasteiger partial charge in [-0.05, 0) is 51.5 Å². The van der Waals surface area contributed by atoms with Gasteiger partial charge in [0.2, 0.25) is 5.91 Å². The highest BCUT2D eigenvalue weighted by molar-refractivity contribution is 5.96. The summed E-state index contributed by atoms with van der Waals surface area (Å²) in [6.07, 6.45) is -4.26. The van der Waals surface area contributed by atoms with Crippen molar-refractivity contribution in [2.75, 3.05) is 5.32 Å². The molecule has 1 heterocycles. The van der Waals surface area contributed by atoms with E-state index in [1.165, 1.54) is 18.7 Å². The number of carboxylic acids is 1. The lowest BCUT2D eigenvalue weighted by Gasteiger charge is -2.35. The van der Waals surface area contributed by atoms with Crippen molar-refractivity contribution in [2.24, 2.45) is 0 Å². The number of likely N-dealkylation sites (tertiary alicyclic amines) is 1. The maximum Gasteiger partial charge on any atom is 0.416 e. The molecule has 0 saturated carbocycles.